The van der Waals surface area contributed by atoms with Gasteiger partial charge in [-0.25, -0.2) is 4.98 Å². The van der Waals surface area contributed by atoms with Crippen molar-refractivity contribution in [2.75, 3.05) is 6.54 Å². The maximum absolute atomic E-state index is 12.2. The number of fused-ring (bicyclic) bond motifs is 1. The molecule has 0 aliphatic rings. The third-order valence-electron chi connectivity index (χ3n) is 6.47. The minimum absolute atomic E-state index is 0.128. The molecular formula is C27H37N3O. The van der Waals surface area contributed by atoms with E-state index in [9.17, 15) is 4.79 Å². The summed E-state index contributed by atoms with van der Waals surface area (Å²) in [4.78, 5) is 17.1. The minimum atomic E-state index is 0.128. The number of hydrogen-bond acceptors (Lipinski definition) is 2. The van der Waals surface area contributed by atoms with Gasteiger partial charge in [-0.1, -0.05) is 64.1 Å². The van der Waals surface area contributed by atoms with Crippen molar-refractivity contribution in [3.05, 3.63) is 65.5 Å². The Morgan fingerprint density at radius 3 is 2.39 bits per heavy atom. The highest BCUT2D eigenvalue weighted by atomic mass is 16.1. The van der Waals surface area contributed by atoms with Gasteiger partial charge in [-0.2, -0.15) is 0 Å². The fraction of sp³-hybridized carbons (Fsp3) is 0.481. The number of hydrogen-bond donors (Lipinski definition) is 1. The molecule has 2 aromatic carbocycles. The fourth-order valence-corrected chi connectivity index (χ4v) is 4.12. The molecule has 0 aliphatic heterocycles. The molecule has 4 nitrogen and oxygen atoms in total. The zero-order valence-electron chi connectivity index (χ0n) is 19.5. The first-order valence-corrected chi connectivity index (χ1v) is 11.9. The molecule has 1 aromatic heterocycles. The number of aryl methyl sites for hydroxylation is 1. The fourth-order valence-electron chi connectivity index (χ4n) is 4.12. The van der Waals surface area contributed by atoms with E-state index >= 15 is 0 Å². The second kappa shape index (κ2) is 11.1. The van der Waals surface area contributed by atoms with E-state index in [1.165, 1.54) is 16.6 Å². The normalized spacial score (nSPS) is 12.4. The van der Waals surface area contributed by atoms with E-state index in [4.69, 9.17) is 4.98 Å². The van der Waals surface area contributed by atoms with Crippen LogP contribution >= 0.6 is 0 Å². The Hall–Kier alpha value is -2.62. The van der Waals surface area contributed by atoms with E-state index in [1.807, 2.05) is 6.07 Å². The Balaban J connectivity index is 1.71. The average molecular weight is 420 g/mol. The monoisotopic (exact) mass is 419 g/mol. The van der Waals surface area contributed by atoms with Crippen LogP contribution in [-0.4, -0.2) is 22.0 Å². The summed E-state index contributed by atoms with van der Waals surface area (Å²) >= 11 is 0. The first kappa shape index (κ1) is 23.1. The predicted molar refractivity (Wildman–Crippen MR) is 129 cm³/mol. The van der Waals surface area contributed by atoms with Gasteiger partial charge in [-0.15, -0.1) is 0 Å². The van der Waals surface area contributed by atoms with Crippen LogP contribution in [0.5, 0.6) is 0 Å². The maximum atomic E-state index is 12.2. The van der Waals surface area contributed by atoms with E-state index in [0.29, 0.717) is 12.5 Å². The van der Waals surface area contributed by atoms with Gasteiger partial charge in [0.05, 0.1) is 11.0 Å². The van der Waals surface area contributed by atoms with Crippen LogP contribution in [0.4, 0.5) is 0 Å². The molecule has 3 rings (SSSR count). The molecule has 0 bridgehead atoms. The molecule has 1 N–H and O–H groups in total. The van der Waals surface area contributed by atoms with E-state index in [0.717, 1.165) is 50.0 Å². The van der Waals surface area contributed by atoms with Crippen molar-refractivity contribution in [2.45, 2.75) is 72.3 Å². The number of benzene rings is 2. The molecular weight excluding hydrogens is 382 g/mol. The second-order valence-corrected chi connectivity index (χ2v) is 8.56. The summed E-state index contributed by atoms with van der Waals surface area (Å²) in [6.07, 6.45) is 4.69. The Labute approximate surface area is 187 Å². The Morgan fingerprint density at radius 2 is 1.71 bits per heavy atom. The van der Waals surface area contributed by atoms with Gasteiger partial charge in [-0.3, -0.25) is 4.79 Å². The highest BCUT2D eigenvalue weighted by molar-refractivity contribution is 5.78. The van der Waals surface area contributed by atoms with Gasteiger partial charge >= 0.3 is 0 Å². The van der Waals surface area contributed by atoms with Gasteiger partial charge in [0.25, 0.3) is 0 Å². The standard InChI is InChI=1S/C27H37N3O/c1-5-20(4)23-16-14-21(15-17-23)19-30-25-12-9-8-11-24(25)29-26(30)13-10-18-28-27(31)22(6-2)7-3/h8-9,11-12,14-17,20,22H,5-7,10,13,18-19H2,1-4H3,(H,28,31). The molecule has 0 fully saturated rings. The average Bonchev–Trinajstić information content (AvgIpc) is 3.14. The van der Waals surface area contributed by atoms with Crippen LogP contribution in [0.3, 0.4) is 0 Å². The van der Waals surface area contributed by atoms with Crippen molar-refractivity contribution in [3.8, 4) is 0 Å². The molecule has 31 heavy (non-hydrogen) atoms. The summed E-state index contributed by atoms with van der Waals surface area (Å²) in [6.45, 7) is 10.2. The number of carbonyl (C=O) groups is 1. The van der Waals surface area contributed by atoms with Crippen molar-refractivity contribution in [1.29, 1.82) is 0 Å². The van der Waals surface area contributed by atoms with Gasteiger partial charge in [0.15, 0.2) is 0 Å². The molecule has 1 heterocycles. The lowest BCUT2D eigenvalue weighted by Crippen LogP contribution is -2.31. The Kier molecular flexibility index (Phi) is 8.27. The third kappa shape index (κ3) is 5.75. The molecule has 1 unspecified atom stereocenters. The lowest BCUT2D eigenvalue weighted by atomic mass is 9.97. The molecule has 0 spiro atoms. The molecule has 0 saturated carbocycles. The van der Waals surface area contributed by atoms with Crippen LogP contribution in [-0.2, 0) is 17.8 Å². The zero-order chi connectivity index (χ0) is 22.2. The number of carbonyl (C=O) groups excluding carboxylic acids is 1. The van der Waals surface area contributed by atoms with Crippen molar-refractivity contribution in [1.82, 2.24) is 14.9 Å². The van der Waals surface area contributed by atoms with Crippen LogP contribution in [0.25, 0.3) is 11.0 Å². The second-order valence-electron chi connectivity index (χ2n) is 8.56. The molecule has 1 amide bonds. The quantitative estimate of drug-likeness (QED) is 0.383. The number of nitrogens with zero attached hydrogens (tertiary/aromatic N) is 2. The summed E-state index contributed by atoms with van der Waals surface area (Å²) in [5.74, 6) is 1.99. The van der Waals surface area contributed by atoms with Crippen LogP contribution in [0, 0.1) is 5.92 Å². The van der Waals surface area contributed by atoms with Gasteiger partial charge < -0.3 is 9.88 Å². The largest absolute Gasteiger partial charge is 0.356 e. The first-order chi connectivity index (χ1) is 15.1. The number of rotatable bonds is 11. The predicted octanol–water partition coefficient (Wildman–Crippen LogP) is 6.08. The molecule has 4 heteroatoms. The number of aromatic nitrogens is 2. The van der Waals surface area contributed by atoms with E-state index in [2.05, 4.69) is 80.0 Å². The molecule has 0 radical (unpaired) electrons. The summed E-state index contributed by atoms with van der Waals surface area (Å²) in [5.41, 5.74) is 4.90. The zero-order valence-corrected chi connectivity index (χ0v) is 19.5. The summed E-state index contributed by atoms with van der Waals surface area (Å²) < 4.78 is 2.33. The van der Waals surface area contributed by atoms with Gasteiger partial charge in [0.2, 0.25) is 5.91 Å². The van der Waals surface area contributed by atoms with Gasteiger partial charge in [0, 0.05) is 25.4 Å². The third-order valence-corrected chi connectivity index (χ3v) is 6.47. The number of para-hydroxylation sites is 2. The van der Waals surface area contributed by atoms with Crippen LogP contribution in [0.1, 0.15) is 76.2 Å². The Bertz CT molecular complexity index is 970. The smallest absolute Gasteiger partial charge is 0.223 e. The minimum Gasteiger partial charge on any atom is -0.356 e. The highest BCUT2D eigenvalue weighted by Gasteiger charge is 2.14. The van der Waals surface area contributed by atoms with Crippen molar-refractivity contribution >= 4 is 16.9 Å². The van der Waals surface area contributed by atoms with Crippen LogP contribution in [0.2, 0.25) is 0 Å². The lowest BCUT2D eigenvalue weighted by Gasteiger charge is -2.14. The van der Waals surface area contributed by atoms with E-state index < -0.39 is 0 Å². The first-order valence-electron chi connectivity index (χ1n) is 11.9. The van der Waals surface area contributed by atoms with E-state index in [1.54, 1.807) is 0 Å². The van der Waals surface area contributed by atoms with Crippen molar-refractivity contribution in [2.24, 2.45) is 5.92 Å². The van der Waals surface area contributed by atoms with E-state index in [-0.39, 0.29) is 11.8 Å². The summed E-state index contributed by atoms with van der Waals surface area (Å²) in [7, 11) is 0. The lowest BCUT2D eigenvalue weighted by molar-refractivity contribution is -0.125. The maximum Gasteiger partial charge on any atom is 0.223 e. The van der Waals surface area contributed by atoms with Gasteiger partial charge in [-0.05, 0) is 54.9 Å². The van der Waals surface area contributed by atoms with Gasteiger partial charge in [0.1, 0.15) is 5.82 Å². The summed E-state index contributed by atoms with van der Waals surface area (Å²) in [6, 6.07) is 17.4. The molecule has 0 aliphatic carbocycles. The molecule has 0 saturated heterocycles. The number of nitrogens with one attached hydrogen (secondary N) is 1. The highest BCUT2D eigenvalue weighted by Crippen LogP contribution is 2.22. The van der Waals surface area contributed by atoms with Crippen molar-refractivity contribution < 1.29 is 4.79 Å². The molecule has 3 aromatic rings. The SMILES string of the molecule is CCC(CC)C(=O)NCCCc1nc2ccccc2n1Cc1ccc(C(C)CC)cc1. The molecule has 1 atom stereocenters. The van der Waals surface area contributed by atoms with Crippen LogP contribution in [0.15, 0.2) is 48.5 Å². The number of imidazole rings is 1. The van der Waals surface area contributed by atoms with Crippen molar-refractivity contribution in [3.63, 3.8) is 0 Å². The summed E-state index contributed by atoms with van der Waals surface area (Å²) in [5, 5.41) is 3.10. The Morgan fingerprint density at radius 1 is 1.00 bits per heavy atom. The molecule has 166 valence electrons. The number of amides is 1. The van der Waals surface area contributed by atoms with Crippen LogP contribution < -0.4 is 5.32 Å². The topological polar surface area (TPSA) is 46.9 Å².